The minimum atomic E-state index is -2.65. The lowest BCUT2D eigenvalue weighted by Gasteiger charge is -2.09. The fraction of sp³-hybridized carbons (Fsp3) is 0.455. The summed E-state index contributed by atoms with van der Waals surface area (Å²) < 4.78 is 26.6. The summed E-state index contributed by atoms with van der Waals surface area (Å²) in [6.07, 6.45) is 0.774. The number of alkyl halides is 2. The van der Waals surface area contributed by atoms with Crippen molar-refractivity contribution in [3.63, 3.8) is 0 Å². The SMILES string of the molecule is NC1(CCc2cccc(Br)c2)CC1(F)F. The minimum absolute atomic E-state index is 0.173. The molecule has 1 saturated carbocycles. The molecule has 0 aromatic heterocycles. The van der Waals surface area contributed by atoms with E-state index in [1.54, 1.807) is 0 Å². The van der Waals surface area contributed by atoms with E-state index in [1.165, 1.54) is 0 Å². The molecule has 4 heteroatoms. The van der Waals surface area contributed by atoms with E-state index < -0.39 is 11.5 Å². The van der Waals surface area contributed by atoms with Gasteiger partial charge in [0.05, 0.1) is 5.54 Å². The highest BCUT2D eigenvalue weighted by atomic mass is 79.9. The van der Waals surface area contributed by atoms with Crippen LogP contribution in [0.1, 0.15) is 18.4 Å². The van der Waals surface area contributed by atoms with Crippen molar-refractivity contribution in [1.82, 2.24) is 0 Å². The molecule has 0 spiro atoms. The summed E-state index contributed by atoms with van der Waals surface area (Å²) in [6.45, 7) is 0. The maximum Gasteiger partial charge on any atom is 0.267 e. The molecule has 1 aliphatic rings. The van der Waals surface area contributed by atoms with Crippen molar-refractivity contribution in [3.8, 4) is 0 Å². The second-order valence-electron chi connectivity index (χ2n) is 4.17. The highest BCUT2D eigenvalue weighted by molar-refractivity contribution is 9.10. The maximum atomic E-state index is 12.8. The predicted octanol–water partition coefficient (Wildman–Crippen LogP) is 3.12. The van der Waals surface area contributed by atoms with Crippen LogP contribution in [0.5, 0.6) is 0 Å². The largest absolute Gasteiger partial charge is 0.320 e. The topological polar surface area (TPSA) is 26.0 Å². The molecule has 1 unspecified atom stereocenters. The number of aryl methyl sites for hydroxylation is 1. The molecule has 1 aromatic carbocycles. The van der Waals surface area contributed by atoms with Gasteiger partial charge in [0.25, 0.3) is 5.92 Å². The Morgan fingerprint density at radius 1 is 1.40 bits per heavy atom. The molecule has 0 bridgehead atoms. The van der Waals surface area contributed by atoms with E-state index in [1.807, 2.05) is 24.3 Å². The van der Waals surface area contributed by atoms with Crippen molar-refractivity contribution in [2.75, 3.05) is 0 Å². The molecule has 0 amide bonds. The summed E-state index contributed by atoms with van der Waals surface area (Å²) in [7, 11) is 0. The van der Waals surface area contributed by atoms with Crippen LogP contribution in [0.15, 0.2) is 28.7 Å². The first-order valence-corrected chi connectivity index (χ1v) is 5.63. The lowest BCUT2D eigenvalue weighted by molar-refractivity contribution is 0.0873. The Labute approximate surface area is 95.8 Å². The first-order chi connectivity index (χ1) is 6.93. The standard InChI is InChI=1S/C11H12BrF2N/c12-9-3-1-2-8(6-9)4-5-10(15)7-11(10,13)14/h1-3,6H,4-5,7,15H2. The molecule has 1 aliphatic carbocycles. The quantitative estimate of drug-likeness (QED) is 0.901. The lowest BCUT2D eigenvalue weighted by atomic mass is 10.0. The van der Waals surface area contributed by atoms with Crippen molar-refractivity contribution in [2.24, 2.45) is 5.73 Å². The van der Waals surface area contributed by atoms with Gasteiger partial charge in [-0.1, -0.05) is 28.1 Å². The van der Waals surface area contributed by atoms with Crippen LogP contribution in [-0.2, 0) is 6.42 Å². The average molecular weight is 276 g/mol. The number of rotatable bonds is 3. The highest BCUT2D eigenvalue weighted by Crippen LogP contribution is 2.53. The molecule has 1 fully saturated rings. The van der Waals surface area contributed by atoms with Gasteiger partial charge in [-0.05, 0) is 30.5 Å². The van der Waals surface area contributed by atoms with E-state index in [0.29, 0.717) is 12.8 Å². The second kappa shape index (κ2) is 3.52. The Kier molecular flexibility index (Phi) is 2.59. The van der Waals surface area contributed by atoms with Gasteiger partial charge in [0.1, 0.15) is 0 Å². The fourth-order valence-electron chi connectivity index (χ4n) is 1.68. The summed E-state index contributed by atoms with van der Waals surface area (Å²) in [5, 5.41) is 0. The number of halogens is 3. The Morgan fingerprint density at radius 2 is 2.07 bits per heavy atom. The molecule has 1 atom stereocenters. The van der Waals surface area contributed by atoms with Crippen LogP contribution in [0.4, 0.5) is 8.78 Å². The molecule has 0 heterocycles. The zero-order chi connectivity index (χ0) is 11.1. The smallest absolute Gasteiger partial charge is 0.267 e. The normalized spacial score (nSPS) is 27.7. The highest BCUT2D eigenvalue weighted by Gasteiger charge is 2.68. The van der Waals surface area contributed by atoms with Gasteiger partial charge in [0, 0.05) is 10.9 Å². The van der Waals surface area contributed by atoms with Crippen molar-refractivity contribution in [3.05, 3.63) is 34.3 Å². The molecule has 15 heavy (non-hydrogen) atoms. The van der Waals surface area contributed by atoms with E-state index in [-0.39, 0.29) is 6.42 Å². The van der Waals surface area contributed by atoms with Gasteiger partial charge in [0.15, 0.2) is 0 Å². The number of hydrogen-bond acceptors (Lipinski definition) is 1. The maximum absolute atomic E-state index is 12.8. The van der Waals surface area contributed by atoms with Crippen LogP contribution >= 0.6 is 15.9 Å². The predicted molar refractivity (Wildman–Crippen MR) is 58.9 cm³/mol. The lowest BCUT2D eigenvalue weighted by Crippen LogP contribution is -2.30. The molecule has 82 valence electrons. The third-order valence-electron chi connectivity index (χ3n) is 2.89. The Morgan fingerprint density at radius 3 is 2.60 bits per heavy atom. The molecular weight excluding hydrogens is 264 g/mol. The molecule has 1 aromatic rings. The van der Waals surface area contributed by atoms with Crippen LogP contribution in [0.2, 0.25) is 0 Å². The van der Waals surface area contributed by atoms with Crippen molar-refractivity contribution >= 4 is 15.9 Å². The molecule has 0 radical (unpaired) electrons. The summed E-state index contributed by atoms with van der Waals surface area (Å²) in [6, 6.07) is 7.67. The third kappa shape index (κ3) is 2.21. The average Bonchev–Trinajstić information content (AvgIpc) is 2.64. The van der Waals surface area contributed by atoms with Gasteiger partial charge >= 0.3 is 0 Å². The number of benzene rings is 1. The van der Waals surface area contributed by atoms with Gasteiger partial charge < -0.3 is 5.73 Å². The van der Waals surface area contributed by atoms with Gasteiger partial charge in [-0.3, -0.25) is 0 Å². The third-order valence-corrected chi connectivity index (χ3v) is 3.38. The first kappa shape index (κ1) is 11.0. The van der Waals surface area contributed by atoms with E-state index in [2.05, 4.69) is 15.9 Å². The number of nitrogens with two attached hydrogens (primary N) is 1. The van der Waals surface area contributed by atoms with Gasteiger partial charge in [0.2, 0.25) is 0 Å². The van der Waals surface area contributed by atoms with Gasteiger partial charge in [-0.2, -0.15) is 0 Å². The summed E-state index contributed by atoms with van der Waals surface area (Å²) in [5.41, 5.74) is 5.33. The van der Waals surface area contributed by atoms with Crippen LogP contribution < -0.4 is 5.73 Å². The van der Waals surface area contributed by atoms with E-state index in [0.717, 1.165) is 10.0 Å². The summed E-state index contributed by atoms with van der Waals surface area (Å²) in [4.78, 5) is 0. The van der Waals surface area contributed by atoms with Gasteiger partial charge in [-0.15, -0.1) is 0 Å². The van der Waals surface area contributed by atoms with Crippen LogP contribution in [0.3, 0.4) is 0 Å². The molecular formula is C11H12BrF2N. The summed E-state index contributed by atoms with van der Waals surface area (Å²) in [5.74, 6) is -2.65. The summed E-state index contributed by atoms with van der Waals surface area (Å²) >= 11 is 3.34. The Balaban J connectivity index is 1.95. The second-order valence-corrected chi connectivity index (χ2v) is 5.08. The minimum Gasteiger partial charge on any atom is -0.320 e. The van der Waals surface area contributed by atoms with Crippen molar-refractivity contribution in [1.29, 1.82) is 0 Å². The van der Waals surface area contributed by atoms with E-state index in [9.17, 15) is 8.78 Å². The van der Waals surface area contributed by atoms with Crippen LogP contribution in [-0.4, -0.2) is 11.5 Å². The zero-order valence-electron chi connectivity index (χ0n) is 8.14. The van der Waals surface area contributed by atoms with Crippen LogP contribution in [0.25, 0.3) is 0 Å². The molecule has 0 aliphatic heterocycles. The Bertz CT molecular complexity index is 381. The van der Waals surface area contributed by atoms with Crippen molar-refractivity contribution < 1.29 is 8.78 Å². The molecule has 2 N–H and O–H groups in total. The molecule has 1 nitrogen and oxygen atoms in total. The Hall–Kier alpha value is -0.480. The van der Waals surface area contributed by atoms with E-state index in [4.69, 9.17) is 5.73 Å². The monoisotopic (exact) mass is 275 g/mol. The first-order valence-electron chi connectivity index (χ1n) is 4.84. The number of hydrogen-bond donors (Lipinski definition) is 1. The fourth-order valence-corrected chi connectivity index (χ4v) is 2.13. The molecule has 2 rings (SSSR count). The molecule has 0 saturated heterocycles. The van der Waals surface area contributed by atoms with Crippen LogP contribution in [0, 0.1) is 0 Å². The van der Waals surface area contributed by atoms with Gasteiger partial charge in [-0.25, -0.2) is 8.78 Å². The van der Waals surface area contributed by atoms with Crippen molar-refractivity contribution in [2.45, 2.75) is 30.7 Å². The van der Waals surface area contributed by atoms with E-state index >= 15 is 0 Å². The zero-order valence-corrected chi connectivity index (χ0v) is 9.73.